The number of amides is 1. The van der Waals surface area contributed by atoms with Crippen molar-refractivity contribution in [1.82, 2.24) is 10.6 Å². The van der Waals surface area contributed by atoms with Gasteiger partial charge in [-0.1, -0.05) is 18.2 Å². The average molecular weight is 248 g/mol. The monoisotopic (exact) mass is 248 g/mol. The van der Waals surface area contributed by atoms with Gasteiger partial charge in [0.2, 0.25) is 5.91 Å². The van der Waals surface area contributed by atoms with E-state index in [1.165, 1.54) is 5.56 Å². The largest absolute Gasteiger partial charge is 0.488 e. The molecule has 0 fully saturated rings. The Bertz CT molecular complexity index is 382. The number of hydrogen-bond donors (Lipinski definition) is 2. The highest BCUT2D eigenvalue weighted by Crippen LogP contribution is 2.27. The first kappa shape index (κ1) is 12.9. The minimum absolute atomic E-state index is 0.0984. The van der Waals surface area contributed by atoms with Crippen LogP contribution in [0.4, 0.5) is 0 Å². The molecule has 0 aliphatic carbocycles. The summed E-state index contributed by atoms with van der Waals surface area (Å²) >= 11 is 0. The van der Waals surface area contributed by atoms with E-state index in [9.17, 15) is 4.79 Å². The van der Waals surface area contributed by atoms with Crippen molar-refractivity contribution in [3.63, 3.8) is 0 Å². The molecule has 0 spiro atoms. The van der Waals surface area contributed by atoms with Crippen molar-refractivity contribution >= 4 is 5.91 Å². The standard InChI is InChI=1S/C14H20N2O2/c1-15-14(17)7-4-8-16-10-12-9-11-5-2-3-6-13(11)18-12/h2-3,5-6,12,16H,4,7-10H2,1H3,(H,15,17). The Balaban J connectivity index is 1.61. The molecule has 1 aromatic rings. The summed E-state index contributed by atoms with van der Waals surface area (Å²) in [6.45, 7) is 1.69. The van der Waals surface area contributed by atoms with E-state index < -0.39 is 0 Å². The Morgan fingerprint density at radius 2 is 2.28 bits per heavy atom. The van der Waals surface area contributed by atoms with Crippen molar-refractivity contribution in [2.45, 2.75) is 25.4 Å². The molecule has 1 aromatic carbocycles. The lowest BCUT2D eigenvalue weighted by molar-refractivity contribution is -0.120. The van der Waals surface area contributed by atoms with Crippen molar-refractivity contribution in [2.75, 3.05) is 20.1 Å². The van der Waals surface area contributed by atoms with Gasteiger partial charge >= 0.3 is 0 Å². The molecule has 4 heteroatoms. The highest BCUT2D eigenvalue weighted by Gasteiger charge is 2.21. The Kier molecular flexibility index (Phi) is 4.59. The van der Waals surface area contributed by atoms with Crippen LogP contribution in [0.25, 0.3) is 0 Å². The molecule has 1 atom stereocenters. The Hall–Kier alpha value is -1.55. The van der Waals surface area contributed by atoms with Crippen LogP contribution >= 0.6 is 0 Å². The number of benzene rings is 1. The fraction of sp³-hybridized carbons (Fsp3) is 0.500. The van der Waals surface area contributed by atoms with Crippen LogP contribution < -0.4 is 15.4 Å². The molecule has 1 aliphatic rings. The number of para-hydroxylation sites is 1. The predicted molar refractivity (Wildman–Crippen MR) is 70.7 cm³/mol. The van der Waals surface area contributed by atoms with Crippen molar-refractivity contribution in [3.8, 4) is 5.75 Å². The van der Waals surface area contributed by atoms with Gasteiger partial charge < -0.3 is 15.4 Å². The maximum absolute atomic E-state index is 11.0. The summed E-state index contributed by atoms with van der Waals surface area (Å²) in [7, 11) is 1.67. The second-order valence-corrected chi connectivity index (χ2v) is 4.53. The smallest absolute Gasteiger partial charge is 0.219 e. The average Bonchev–Trinajstić information content (AvgIpc) is 2.80. The zero-order chi connectivity index (χ0) is 12.8. The van der Waals surface area contributed by atoms with Gasteiger partial charge in [0.25, 0.3) is 0 Å². The van der Waals surface area contributed by atoms with E-state index in [0.717, 1.165) is 31.7 Å². The topological polar surface area (TPSA) is 50.4 Å². The summed E-state index contributed by atoms with van der Waals surface area (Å²) in [5.41, 5.74) is 1.29. The maximum Gasteiger partial charge on any atom is 0.219 e. The number of rotatable bonds is 6. The van der Waals surface area contributed by atoms with Crippen LogP contribution in [-0.4, -0.2) is 32.1 Å². The first-order chi connectivity index (χ1) is 8.79. The molecular formula is C14H20N2O2. The van der Waals surface area contributed by atoms with Crippen LogP contribution in [-0.2, 0) is 11.2 Å². The highest BCUT2D eigenvalue weighted by molar-refractivity contribution is 5.75. The Morgan fingerprint density at radius 1 is 1.44 bits per heavy atom. The molecule has 0 bridgehead atoms. The predicted octanol–water partition coefficient (Wildman–Crippen LogP) is 1.11. The van der Waals surface area contributed by atoms with Gasteiger partial charge in [0.1, 0.15) is 11.9 Å². The van der Waals surface area contributed by atoms with Crippen molar-refractivity contribution in [2.24, 2.45) is 0 Å². The molecule has 2 N–H and O–H groups in total. The van der Waals surface area contributed by atoms with Gasteiger partial charge in [0, 0.05) is 26.4 Å². The van der Waals surface area contributed by atoms with Crippen molar-refractivity contribution in [3.05, 3.63) is 29.8 Å². The summed E-state index contributed by atoms with van der Waals surface area (Å²) in [5.74, 6) is 1.11. The second-order valence-electron chi connectivity index (χ2n) is 4.53. The van der Waals surface area contributed by atoms with Gasteiger partial charge in [-0.15, -0.1) is 0 Å². The van der Waals surface area contributed by atoms with Gasteiger partial charge in [-0.05, 0) is 24.6 Å². The molecule has 1 aliphatic heterocycles. The summed E-state index contributed by atoms with van der Waals surface area (Å²) < 4.78 is 5.81. The lowest BCUT2D eigenvalue weighted by Gasteiger charge is -2.11. The maximum atomic E-state index is 11.0. The second kappa shape index (κ2) is 6.40. The molecule has 0 saturated heterocycles. The first-order valence-electron chi connectivity index (χ1n) is 6.45. The zero-order valence-electron chi connectivity index (χ0n) is 10.7. The van der Waals surface area contributed by atoms with E-state index in [4.69, 9.17) is 4.74 Å². The minimum atomic E-state index is 0.0984. The van der Waals surface area contributed by atoms with Crippen LogP contribution in [0.3, 0.4) is 0 Å². The van der Waals surface area contributed by atoms with Gasteiger partial charge in [0.05, 0.1) is 0 Å². The fourth-order valence-corrected chi connectivity index (χ4v) is 2.13. The zero-order valence-corrected chi connectivity index (χ0v) is 10.7. The molecule has 0 aromatic heterocycles. The van der Waals surface area contributed by atoms with Gasteiger partial charge in [-0.25, -0.2) is 0 Å². The number of nitrogens with one attached hydrogen (secondary N) is 2. The number of carbonyl (C=O) groups is 1. The number of ether oxygens (including phenoxy) is 1. The van der Waals surface area contributed by atoms with Crippen LogP contribution in [0.1, 0.15) is 18.4 Å². The summed E-state index contributed by atoms with van der Waals surface area (Å²) in [6.07, 6.45) is 2.63. The summed E-state index contributed by atoms with van der Waals surface area (Å²) in [5, 5.41) is 5.95. The van der Waals surface area contributed by atoms with E-state index >= 15 is 0 Å². The molecule has 2 rings (SSSR count). The molecule has 0 radical (unpaired) electrons. The van der Waals surface area contributed by atoms with Crippen molar-refractivity contribution < 1.29 is 9.53 Å². The first-order valence-corrected chi connectivity index (χ1v) is 6.45. The molecule has 18 heavy (non-hydrogen) atoms. The summed E-state index contributed by atoms with van der Waals surface area (Å²) in [6, 6.07) is 8.17. The third kappa shape index (κ3) is 3.47. The third-order valence-electron chi connectivity index (χ3n) is 3.12. The van der Waals surface area contributed by atoms with Crippen molar-refractivity contribution in [1.29, 1.82) is 0 Å². The van der Waals surface area contributed by atoms with Gasteiger partial charge in [-0.2, -0.15) is 0 Å². The summed E-state index contributed by atoms with van der Waals surface area (Å²) in [4.78, 5) is 11.0. The van der Waals surface area contributed by atoms with Crippen LogP contribution in [0.2, 0.25) is 0 Å². The van der Waals surface area contributed by atoms with Gasteiger partial charge in [0.15, 0.2) is 0 Å². The molecule has 4 nitrogen and oxygen atoms in total. The molecule has 1 amide bonds. The van der Waals surface area contributed by atoms with Crippen LogP contribution in [0.5, 0.6) is 5.75 Å². The number of carbonyl (C=O) groups excluding carboxylic acids is 1. The van der Waals surface area contributed by atoms with Gasteiger partial charge in [-0.3, -0.25) is 4.79 Å². The molecule has 1 unspecified atom stereocenters. The lowest BCUT2D eigenvalue weighted by Crippen LogP contribution is -2.31. The van der Waals surface area contributed by atoms with E-state index in [0.29, 0.717) is 6.42 Å². The highest BCUT2D eigenvalue weighted by atomic mass is 16.5. The SMILES string of the molecule is CNC(=O)CCCNCC1Cc2ccccc2O1. The van der Waals surface area contributed by atoms with Crippen LogP contribution in [0.15, 0.2) is 24.3 Å². The van der Waals surface area contributed by atoms with E-state index in [1.54, 1.807) is 7.05 Å². The van der Waals surface area contributed by atoms with E-state index in [-0.39, 0.29) is 12.0 Å². The molecule has 0 saturated carbocycles. The normalized spacial score (nSPS) is 17.1. The molecular weight excluding hydrogens is 228 g/mol. The quantitative estimate of drug-likeness (QED) is 0.741. The number of hydrogen-bond acceptors (Lipinski definition) is 3. The molecule has 1 heterocycles. The van der Waals surface area contributed by atoms with E-state index in [1.807, 2.05) is 18.2 Å². The third-order valence-corrected chi connectivity index (χ3v) is 3.12. The Labute approximate surface area is 108 Å². The Morgan fingerprint density at radius 3 is 3.06 bits per heavy atom. The fourth-order valence-electron chi connectivity index (χ4n) is 2.13. The minimum Gasteiger partial charge on any atom is -0.488 e. The van der Waals surface area contributed by atoms with Crippen LogP contribution in [0, 0.1) is 0 Å². The molecule has 98 valence electrons. The lowest BCUT2D eigenvalue weighted by atomic mass is 10.1. The number of fused-ring (bicyclic) bond motifs is 1. The van der Waals surface area contributed by atoms with E-state index in [2.05, 4.69) is 16.7 Å².